The van der Waals surface area contributed by atoms with Crippen LogP contribution >= 0.6 is 0 Å². The van der Waals surface area contributed by atoms with Crippen LogP contribution in [0.3, 0.4) is 0 Å². The molecule has 0 radical (unpaired) electrons. The highest BCUT2D eigenvalue weighted by atomic mass is 16.5. The summed E-state index contributed by atoms with van der Waals surface area (Å²) in [5, 5.41) is 3.31. The molecular formula is C11H20N2O. The van der Waals surface area contributed by atoms with E-state index in [1.165, 1.54) is 6.42 Å². The van der Waals surface area contributed by atoms with Gasteiger partial charge in [0.05, 0.1) is 0 Å². The Morgan fingerprint density at radius 2 is 2.21 bits per heavy atom. The Morgan fingerprint density at radius 3 is 2.86 bits per heavy atom. The summed E-state index contributed by atoms with van der Waals surface area (Å²) in [5.74, 6) is 0.742. The van der Waals surface area contributed by atoms with Crippen molar-refractivity contribution in [2.75, 3.05) is 13.2 Å². The molecule has 14 heavy (non-hydrogen) atoms. The van der Waals surface area contributed by atoms with Gasteiger partial charge in [-0.1, -0.05) is 0 Å². The van der Waals surface area contributed by atoms with Crippen LogP contribution in [-0.2, 0) is 4.74 Å². The fourth-order valence-electron chi connectivity index (χ4n) is 2.47. The van der Waals surface area contributed by atoms with Gasteiger partial charge in [0.2, 0.25) is 0 Å². The Kier molecular flexibility index (Phi) is 2.22. The molecule has 3 heteroatoms. The van der Waals surface area contributed by atoms with Crippen LogP contribution in [0.25, 0.3) is 0 Å². The average molecular weight is 196 g/mol. The second-order valence-electron chi connectivity index (χ2n) is 5.29. The molecule has 2 unspecified atom stereocenters. The molecular weight excluding hydrogens is 176 g/mol. The zero-order chi connectivity index (χ0) is 10.3. The molecule has 0 aliphatic carbocycles. The van der Waals surface area contributed by atoms with Gasteiger partial charge in [0.25, 0.3) is 0 Å². The van der Waals surface area contributed by atoms with Gasteiger partial charge in [0.15, 0.2) is 5.88 Å². The Balaban J connectivity index is 2.10. The Morgan fingerprint density at radius 1 is 1.50 bits per heavy atom. The maximum Gasteiger partial charge on any atom is 0.179 e. The van der Waals surface area contributed by atoms with E-state index in [2.05, 4.69) is 37.6 Å². The van der Waals surface area contributed by atoms with E-state index < -0.39 is 0 Å². The largest absolute Gasteiger partial charge is 0.478 e. The second-order valence-corrected chi connectivity index (χ2v) is 5.29. The molecule has 2 aliphatic rings. The Hall–Kier alpha value is -0.700. The zero-order valence-electron chi connectivity index (χ0n) is 9.34. The van der Waals surface area contributed by atoms with Crippen molar-refractivity contribution in [1.82, 2.24) is 10.2 Å². The van der Waals surface area contributed by atoms with E-state index in [0.717, 1.165) is 19.0 Å². The molecule has 0 aromatic heterocycles. The van der Waals surface area contributed by atoms with Crippen molar-refractivity contribution >= 4 is 0 Å². The summed E-state index contributed by atoms with van der Waals surface area (Å²) in [4.78, 5) is 2.52. The molecule has 1 N–H and O–H groups in total. The standard InChI is InChI=1S/C11H20N2O/c1-8-12-9-5-10(7-14-8)13(6-9)11(2,3)4/h9-10,12H,1,5-7H2,2-4H3. The predicted molar refractivity (Wildman–Crippen MR) is 56.9 cm³/mol. The van der Waals surface area contributed by atoms with E-state index in [9.17, 15) is 0 Å². The minimum Gasteiger partial charge on any atom is -0.478 e. The quantitative estimate of drug-likeness (QED) is 0.632. The van der Waals surface area contributed by atoms with E-state index in [0.29, 0.717) is 12.1 Å². The summed E-state index contributed by atoms with van der Waals surface area (Å²) in [6.45, 7) is 12.5. The molecule has 2 heterocycles. The SMILES string of the molecule is C=C1NC2CC(CO1)N(C(C)(C)C)C2. The number of nitrogens with one attached hydrogen (secondary N) is 1. The summed E-state index contributed by atoms with van der Waals surface area (Å²) < 4.78 is 5.51. The second kappa shape index (κ2) is 3.16. The molecule has 2 rings (SSSR count). The third-order valence-electron chi connectivity index (χ3n) is 3.09. The van der Waals surface area contributed by atoms with Crippen molar-refractivity contribution in [1.29, 1.82) is 0 Å². The summed E-state index contributed by atoms with van der Waals surface area (Å²) in [6, 6.07) is 1.07. The highest BCUT2D eigenvalue weighted by molar-refractivity contribution is 5.01. The Labute approximate surface area is 86.1 Å². The van der Waals surface area contributed by atoms with Gasteiger partial charge in [0.1, 0.15) is 6.61 Å². The fraction of sp³-hybridized carbons (Fsp3) is 0.818. The molecule has 0 spiro atoms. The number of ether oxygens (including phenoxy) is 1. The Bertz CT molecular complexity index is 244. The van der Waals surface area contributed by atoms with E-state index >= 15 is 0 Å². The molecule has 0 saturated carbocycles. The van der Waals surface area contributed by atoms with Gasteiger partial charge in [-0.05, 0) is 33.8 Å². The molecule has 2 aliphatic heterocycles. The lowest BCUT2D eigenvalue weighted by atomic mass is 10.1. The van der Waals surface area contributed by atoms with Gasteiger partial charge in [-0.25, -0.2) is 0 Å². The van der Waals surface area contributed by atoms with Crippen molar-refractivity contribution in [2.24, 2.45) is 0 Å². The first-order chi connectivity index (χ1) is 6.47. The van der Waals surface area contributed by atoms with Crippen LogP contribution in [0.1, 0.15) is 27.2 Å². The third kappa shape index (κ3) is 1.73. The number of hydrogen-bond acceptors (Lipinski definition) is 3. The predicted octanol–water partition coefficient (Wildman–Crippen LogP) is 1.32. The van der Waals surface area contributed by atoms with Gasteiger partial charge in [-0.2, -0.15) is 0 Å². The summed E-state index contributed by atoms with van der Waals surface area (Å²) in [7, 11) is 0. The number of nitrogens with zero attached hydrogens (tertiary/aromatic N) is 1. The maximum atomic E-state index is 5.51. The lowest BCUT2D eigenvalue weighted by Gasteiger charge is -2.37. The van der Waals surface area contributed by atoms with Crippen LogP contribution in [0.4, 0.5) is 0 Å². The molecule has 80 valence electrons. The topological polar surface area (TPSA) is 24.5 Å². The zero-order valence-corrected chi connectivity index (χ0v) is 9.34. The van der Waals surface area contributed by atoms with Gasteiger partial charge in [-0.15, -0.1) is 0 Å². The van der Waals surface area contributed by atoms with Gasteiger partial charge < -0.3 is 10.1 Å². The summed E-state index contributed by atoms with van der Waals surface area (Å²) >= 11 is 0. The molecule has 0 amide bonds. The number of hydrogen-bond donors (Lipinski definition) is 1. The van der Waals surface area contributed by atoms with Crippen LogP contribution in [0.15, 0.2) is 12.5 Å². The van der Waals surface area contributed by atoms with E-state index in [1.54, 1.807) is 0 Å². The van der Waals surface area contributed by atoms with Crippen LogP contribution in [0.5, 0.6) is 0 Å². The van der Waals surface area contributed by atoms with Crippen LogP contribution in [0, 0.1) is 0 Å². The summed E-state index contributed by atoms with van der Waals surface area (Å²) in [5.41, 5.74) is 0.239. The highest BCUT2D eigenvalue weighted by Crippen LogP contribution is 2.29. The molecule has 3 nitrogen and oxygen atoms in total. The smallest absolute Gasteiger partial charge is 0.179 e. The molecule has 0 aromatic carbocycles. The fourth-order valence-corrected chi connectivity index (χ4v) is 2.47. The molecule has 0 aromatic rings. The lowest BCUT2D eigenvalue weighted by molar-refractivity contribution is 0.0540. The molecule has 2 saturated heterocycles. The van der Waals surface area contributed by atoms with Crippen molar-refractivity contribution in [3.8, 4) is 0 Å². The van der Waals surface area contributed by atoms with Crippen molar-refractivity contribution in [2.45, 2.75) is 44.8 Å². The summed E-state index contributed by atoms with van der Waals surface area (Å²) in [6.07, 6.45) is 1.18. The minimum atomic E-state index is 0.239. The van der Waals surface area contributed by atoms with Crippen molar-refractivity contribution in [3.63, 3.8) is 0 Å². The molecule has 2 atom stereocenters. The first kappa shape index (κ1) is 9.84. The van der Waals surface area contributed by atoms with Crippen LogP contribution < -0.4 is 5.32 Å². The maximum absolute atomic E-state index is 5.51. The molecule has 2 fully saturated rings. The van der Waals surface area contributed by atoms with Gasteiger partial charge in [0, 0.05) is 24.2 Å². The van der Waals surface area contributed by atoms with E-state index in [-0.39, 0.29) is 5.54 Å². The van der Waals surface area contributed by atoms with Crippen LogP contribution in [-0.4, -0.2) is 35.7 Å². The van der Waals surface area contributed by atoms with Gasteiger partial charge in [-0.3, -0.25) is 4.90 Å². The first-order valence-electron chi connectivity index (χ1n) is 5.32. The minimum absolute atomic E-state index is 0.239. The van der Waals surface area contributed by atoms with Crippen molar-refractivity contribution < 1.29 is 4.74 Å². The monoisotopic (exact) mass is 196 g/mol. The number of fused-ring (bicyclic) bond motifs is 2. The normalized spacial score (nSPS) is 33.5. The third-order valence-corrected chi connectivity index (χ3v) is 3.09. The number of likely N-dealkylation sites (tertiary alicyclic amines) is 1. The van der Waals surface area contributed by atoms with E-state index in [4.69, 9.17) is 4.74 Å². The van der Waals surface area contributed by atoms with Crippen LogP contribution in [0.2, 0.25) is 0 Å². The van der Waals surface area contributed by atoms with E-state index in [1.807, 2.05) is 0 Å². The van der Waals surface area contributed by atoms with Gasteiger partial charge >= 0.3 is 0 Å². The molecule has 2 bridgehead atoms. The highest BCUT2D eigenvalue weighted by Gasteiger charge is 2.40. The number of rotatable bonds is 0. The first-order valence-corrected chi connectivity index (χ1v) is 5.32. The average Bonchev–Trinajstić information content (AvgIpc) is 2.33. The van der Waals surface area contributed by atoms with Crippen molar-refractivity contribution in [3.05, 3.63) is 12.5 Å². The lowest BCUT2D eigenvalue weighted by Crippen LogP contribution is -2.48.